The number of methoxy groups -OCH3 is 1. The Morgan fingerprint density at radius 2 is 2.00 bits per heavy atom. The normalized spacial score (nSPS) is 12.1. The van der Waals surface area contributed by atoms with E-state index in [1.165, 1.54) is 4.31 Å². The van der Waals surface area contributed by atoms with Gasteiger partial charge in [-0.3, -0.25) is 4.79 Å². The summed E-state index contributed by atoms with van der Waals surface area (Å²) in [6.07, 6.45) is 1.11. The molecule has 0 aromatic carbocycles. The molecule has 0 aliphatic rings. The first-order valence-electron chi connectivity index (χ1n) is 7.44. The summed E-state index contributed by atoms with van der Waals surface area (Å²) in [6, 6.07) is 3.34. The maximum Gasteiger partial charge on any atom is 0.238 e. The van der Waals surface area contributed by atoms with Crippen molar-refractivity contribution in [2.24, 2.45) is 0 Å². The van der Waals surface area contributed by atoms with E-state index in [1.54, 1.807) is 31.9 Å². The van der Waals surface area contributed by atoms with E-state index in [0.717, 1.165) is 12.0 Å². The highest BCUT2D eigenvalue weighted by Gasteiger charge is 2.26. The number of rotatable bonds is 9. The van der Waals surface area contributed by atoms with Gasteiger partial charge >= 0.3 is 0 Å². The van der Waals surface area contributed by atoms with E-state index in [4.69, 9.17) is 9.15 Å². The van der Waals surface area contributed by atoms with Crippen LogP contribution in [0, 0.1) is 6.92 Å². The number of amides is 1. The van der Waals surface area contributed by atoms with Crippen LogP contribution in [0.4, 0.5) is 0 Å². The highest BCUT2D eigenvalue weighted by atomic mass is 32.2. The third kappa shape index (κ3) is 6.32. The Morgan fingerprint density at radius 1 is 1.35 bits per heavy atom. The quantitative estimate of drug-likeness (QED) is 0.672. The molecular weight excluding hydrogens is 320 g/mol. The molecule has 0 aliphatic heterocycles. The van der Waals surface area contributed by atoms with Crippen LogP contribution >= 0.6 is 0 Å². The van der Waals surface area contributed by atoms with Gasteiger partial charge in [0.2, 0.25) is 15.9 Å². The molecule has 0 saturated carbocycles. The number of ether oxygens (including phenoxy) is 1. The Morgan fingerprint density at radius 3 is 2.43 bits per heavy atom. The molecule has 1 amide bonds. The SMILES string of the molecule is COCCN(Cc1ccc(C)o1)C(=O)CN(C(C)C)S(C)(=O)=O. The van der Waals surface area contributed by atoms with Crippen molar-refractivity contribution in [3.8, 4) is 0 Å². The van der Waals surface area contributed by atoms with E-state index in [-0.39, 0.29) is 25.0 Å². The van der Waals surface area contributed by atoms with Gasteiger partial charge in [-0.05, 0) is 32.9 Å². The fraction of sp³-hybridized carbons (Fsp3) is 0.667. The number of carbonyl (C=O) groups is 1. The van der Waals surface area contributed by atoms with Crippen LogP contribution in [0.2, 0.25) is 0 Å². The number of sulfonamides is 1. The van der Waals surface area contributed by atoms with Crippen molar-refractivity contribution >= 4 is 15.9 Å². The summed E-state index contributed by atoms with van der Waals surface area (Å²) in [6.45, 7) is 6.13. The lowest BCUT2D eigenvalue weighted by Crippen LogP contribution is -2.45. The number of nitrogens with zero attached hydrogens (tertiary/aromatic N) is 2. The van der Waals surface area contributed by atoms with Gasteiger partial charge in [0.05, 0.1) is 26.0 Å². The standard InChI is InChI=1S/C15H26N2O5S/c1-12(2)17(23(5,19)20)11-15(18)16(8-9-21-4)10-14-7-6-13(3)22-14/h6-7,12H,8-11H2,1-5H3. The third-order valence-corrected chi connectivity index (χ3v) is 4.76. The second kappa shape index (κ2) is 8.47. The fourth-order valence-electron chi connectivity index (χ4n) is 2.17. The summed E-state index contributed by atoms with van der Waals surface area (Å²) in [7, 11) is -1.90. The maximum absolute atomic E-state index is 12.5. The molecule has 0 spiro atoms. The molecule has 1 aromatic heterocycles. The summed E-state index contributed by atoms with van der Waals surface area (Å²) in [5, 5.41) is 0. The number of carbonyl (C=O) groups excluding carboxylic acids is 1. The molecule has 8 heteroatoms. The molecular formula is C15H26N2O5S. The van der Waals surface area contributed by atoms with Crippen LogP contribution < -0.4 is 0 Å². The first-order chi connectivity index (χ1) is 10.6. The van der Waals surface area contributed by atoms with Crippen molar-refractivity contribution < 1.29 is 22.4 Å². The second-order valence-corrected chi connectivity index (χ2v) is 7.66. The van der Waals surface area contributed by atoms with Gasteiger partial charge in [0.1, 0.15) is 11.5 Å². The van der Waals surface area contributed by atoms with Crippen LogP contribution in [0.15, 0.2) is 16.5 Å². The van der Waals surface area contributed by atoms with E-state index < -0.39 is 10.0 Å². The van der Waals surface area contributed by atoms with Crippen molar-refractivity contribution in [2.45, 2.75) is 33.4 Å². The summed E-state index contributed by atoms with van der Waals surface area (Å²) in [5.74, 6) is 1.14. The molecule has 0 bridgehead atoms. The van der Waals surface area contributed by atoms with E-state index in [0.29, 0.717) is 18.9 Å². The fourth-order valence-corrected chi connectivity index (χ4v) is 3.28. The minimum Gasteiger partial charge on any atom is -0.464 e. The molecule has 0 fully saturated rings. The van der Waals surface area contributed by atoms with Gasteiger partial charge in [0, 0.05) is 19.7 Å². The molecule has 23 heavy (non-hydrogen) atoms. The summed E-state index contributed by atoms with van der Waals surface area (Å²) in [4.78, 5) is 14.1. The van der Waals surface area contributed by atoms with Crippen molar-refractivity contribution in [1.29, 1.82) is 0 Å². The van der Waals surface area contributed by atoms with Crippen LogP contribution in [-0.4, -0.2) is 62.6 Å². The largest absolute Gasteiger partial charge is 0.464 e. The lowest BCUT2D eigenvalue weighted by atomic mass is 10.3. The van der Waals surface area contributed by atoms with Crippen molar-refractivity contribution in [3.05, 3.63) is 23.7 Å². The summed E-state index contributed by atoms with van der Waals surface area (Å²) in [5.41, 5.74) is 0. The minimum absolute atomic E-state index is 0.195. The van der Waals surface area contributed by atoms with Gasteiger partial charge in [-0.1, -0.05) is 0 Å². The number of aryl methyl sites for hydroxylation is 1. The maximum atomic E-state index is 12.5. The molecule has 0 radical (unpaired) electrons. The minimum atomic E-state index is -3.45. The summed E-state index contributed by atoms with van der Waals surface area (Å²) >= 11 is 0. The summed E-state index contributed by atoms with van der Waals surface area (Å²) < 4.78 is 35.3. The van der Waals surface area contributed by atoms with E-state index in [9.17, 15) is 13.2 Å². The van der Waals surface area contributed by atoms with Crippen molar-refractivity contribution in [1.82, 2.24) is 9.21 Å². The van der Waals surface area contributed by atoms with Crippen LogP contribution in [0.3, 0.4) is 0 Å². The lowest BCUT2D eigenvalue weighted by molar-refractivity contribution is -0.133. The number of furan rings is 1. The molecule has 1 rings (SSSR count). The molecule has 0 saturated heterocycles. The first-order valence-corrected chi connectivity index (χ1v) is 9.28. The molecule has 0 unspecified atom stereocenters. The topological polar surface area (TPSA) is 80.1 Å². The zero-order valence-corrected chi connectivity index (χ0v) is 15.2. The van der Waals surface area contributed by atoms with E-state index >= 15 is 0 Å². The van der Waals surface area contributed by atoms with Crippen molar-refractivity contribution in [2.75, 3.05) is 33.1 Å². The van der Waals surface area contributed by atoms with Gasteiger partial charge in [-0.25, -0.2) is 8.42 Å². The predicted octanol–water partition coefficient (Wildman–Crippen LogP) is 1.23. The first kappa shape index (κ1) is 19.7. The zero-order chi connectivity index (χ0) is 17.6. The van der Waals surface area contributed by atoms with Crippen LogP contribution in [0.1, 0.15) is 25.4 Å². The molecule has 0 atom stereocenters. The Hall–Kier alpha value is -1.38. The predicted molar refractivity (Wildman–Crippen MR) is 87.4 cm³/mol. The smallest absolute Gasteiger partial charge is 0.238 e. The average Bonchev–Trinajstić information content (AvgIpc) is 2.84. The monoisotopic (exact) mass is 346 g/mol. The molecule has 132 valence electrons. The van der Waals surface area contributed by atoms with Crippen LogP contribution in [-0.2, 0) is 26.1 Å². The van der Waals surface area contributed by atoms with Gasteiger partial charge in [0.15, 0.2) is 0 Å². The zero-order valence-electron chi connectivity index (χ0n) is 14.4. The van der Waals surface area contributed by atoms with Crippen LogP contribution in [0.25, 0.3) is 0 Å². The molecule has 1 aromatic rings. The van der Waals surface area contributed by atoms with Gasteiger partial charge in [-0.2, -0.15) is 4.31 Å². The Kier molecular flexibility index (Phi) is 7.24. The van der Waals surface area contributed by atoms with Gasteiger partial charge in [0.25, 0.3) is 0 Å². The molecule has 0 N–H and O–H groups in total. The number of hydrogen-bond acceptors (Lipinski definition) is 5. The molecule has 0 aliphatic carbocycles. The average molecular weight is 346 g/mol. The van der Waals surface area contributed by atoms with Crippen molar-refractivity contribution in [3.63, 3.8) is 0 Å². The lowest BCUT2D eigenvalue weighted by Gasteiger charge is -2.27. The van der Waals surface area contributed by atoms with E-state index in [1.807, 2.05) is 13.0 Å². The van der Waals surface area contributed by atoms with Gasteiger partial charge in [-0.15, -0.1) is 0 Å². The van der Waals surface area contributed by atoms with E-state index in [2.05, 4.69) is 0 Å². The van der Waals surface area contributed by atoms with Gasteiger partial charge < -0.3 is 14.1 Å². The Bertz CT molecular complexity index is 609. The van der Waals surface area contributed by atoms with Crippen LogP contribution in [0.5, 0.6) is 0 Å². The highest BCUT2D eigenvalue weighted by Crippen LogP contribution is 2.12. The molecule has 7 nitrogen and oxygen atoms in total. The second-order valence-electron chi connectivity index (χ2n) is 5.72. The Labute approximate surface area is 138 Å². The third-order valence-electron chi connectivity index (χ3n) is 3.35. The number of hydrogen-bond donors (Lipinski definition) is 0. The Balaban J connectivity index is 2.86. The molecule has 1 heterocycles. The highest BCUT2D eigenvalue weighted by molar-refractivity contribution is 7.88.